The van der Waals surface area contributed by atoms with Crippen LogP contribution in [0.25, 0.3) is 10.9 Å². The zero-order valence-corrected chi connectivity index (χ0v) is 15.1. The van der Waals surface area contributed by atoms with Gasteiger partial charge in [0.05, 0.1) is 11.8 Å². The molecule has 1 aliphatic heterocycles. The molecule has 0 radical (unpaired) electrons. The van der Waals surface area contributed by atoms with Gasteiger partial charge in [-0.05, 0) is 30.0 Å². The molecule has 25 heavy (non-hydrogen) atoms. The Bertz CT molecular complexity index is 993. The number of para-hydroxylation sites is 1. The average Bonchev–Trinajstić information content (AvgIpc) is 3.00. The quantitative estimate of drug-likeness (QED) is 0.770. The SMILES string of the molecule is CCC1c2[nH]c3ccccc3c2CCN1S(=O)(=O)Cc1ccccc1. The van der Waals surface area contributed by atoms with E-state index in [2.05, 4.69) is 24.0 Å². The molecule has 0 amide bonds. The van der Waals surface area contributed by atoms with Crippen LogP contribution < -0.4 is 0 Å². The van der Waals surface area contributed by atoms with Gasteiger partial charge in [-0.3, -0.25) is 0 Å². The van der Waals surface area contributed by atoms with Gasteiger partial charge in [0.25, 0.3) is 0 Å². The molecule has 0 spiro atoms. The number of nitrogens with one attached hydrogen (secondary N) is 1. The van der Waals surface area contributed by atoms with Gasteiger partial charge >= 0.3 is 0 Å². The minimum absolute atomic E-state index is 0.0555. The number of aromatic nitrogens is 1. The van der Waals surface area contributed by atoms with Crippen LogP contribution in [-0.4, -0.2) is 24.3 Å². The highest BCUT2D eigenvalue weighted by Gasteiger charge is 2.36. The molecule has 1 atom stereocenters. The normalized spacial score (nSPS) is 18.4. The number of benzene rings is 2. The first-order valence-electron chi connectivity index (χ1n) is 8.73. The molecule has 1 aromatic heterocycles. The van der Waals surface area contributed by atoms with Gasteiger partial charge in [-0.1, -0.05) is 55.5 Å². The van der Waals surface area contributed by atoms with Crippen molar-refractivity contribution >= 4 is 20.9 Å². The first-order chi connectivity index (χ1) is 12.1. The van der Waals surface area contributed by atoms with Crippen molar-refractivity contribution in [2.45, 2.75) is 31.6 Å². The first-order valence-corrected chi connectivity index (χ1v) is 10.3. The van der Waals surface area contributed by atoms with Crippen molar-refractivity contribution in [2.75, 3.05) is 6.54 Å². The third kappa shape index (κ3) is 2.87. The van der Waals surface area contributed by atoms with Gasteiger partial charge < -0.3 is 4.98 Å². The lowest BCUT2D eigenvalue weighted by molar-refractivity contribution is 0.296. The van der Waals surface area contributed by atoms with Crippen molar-refractivity contribution in [3.63, 3.8) is 0 Å². The highest BCUT2D eigenvalue weighted by Crippen LogP contribution is 2.38. The standard InChI is InChI=1S/C20H22N2O2S/c1-2-19-20-17(16-10-6-7-11-18(16)21-20)12-13-22(19)25(23,24)14-15-8-4-3-5-9-15/h3-11,19,21H,2,12-14H2,1H3. The molecule has 2 heterocycles. The number of aromatic amines is 1. The molecule has 0 fully saturated rings. The Morgan fingerprint density at radius 3 is 2.56 bits per heavy atom. The van der Waals surface area contributed by atoms with E-state index in [1.165, 1.54) is 10.9 Å². The Morgan fingerprint density at radius 2 is 1.80 bits per heavy atom. The van der Waals surface area contributed by atoms with Crippen molar-refractivity contribution in [2.24, 2.45) is 0 Å². The lowest BCUT2D eigenvalue weighted by atomic mass is 9.98. The third-order valence-electron chi connectivity index (χ3n) is 5.05. The van der Waals surface area contributed by atoms with E-state index in [0.29, 0.717) is 6.54 Å². The topological polar surface area (TPSA) is 53.2 Å². The first kappa shape index (κ1) is 16.4. The Morgan fingerprint density at radius 1 is 1.08 bits per heavy atom. The minimum atomic E-state index is -3.36. The molecule has 3 aromatic rings. The molecule has 0 bridgehead atoms. The predicted molar refractivity (Wildman–Crippen MR) is 101 cm³/mol. The maximum Gasteiger partial charge on any atom is 0.218 e. The Kier molecular flexibility index (Phi) is 4.13. The van der Waals surface area contributed by atoms with Crippen LogP contribution in [0.15, 0.2) is 54.6 Å². The number of sulfonamides is 1. The Hall–Kier alpha value is -2.11. The molecule has 2 aromatic carbocycles. The van der Waals surface area contributed by atoms with Crippen LogP contribution in [0.4, 0.5) is 0 Å². The fraction of sp³-hybridized carbons (Fsp3) is 0.300. The molecule has 4 rings (SSSR count). The summed E-state index contributed by atoms with van der Waals surface area (Å²) in [5, 5.41) is 1.22. The van der Waals surface area contributed by atoms with Crippen molar-refractivity contribution in [1.29, 1.82) is 0 Å². The molecule has 1 aliphatic rings. The highest BCUT2D eigenvalue weighted by atomic mass is 32.2. The summed E-state index contributed by atoms with van der Waals surface area (Å²) < 4.78 is 27.8. The molecule has 1 unspecified atom stereocenters. The second-order valence-corrected chi connectivity index (χ2v) is 8.51. The summed E-state index contributed by atoms with van der Waals surface area (Å²) in [6, 6.07) is 17.5. The molecule has 4 nitrogen and oxygen atoms in total. The summed E-state index contributed by atoms with van der Waals surface area (Å²) in [6.07, 6.45) is 1.51. The van der Waals surface area contributed by atoms with Crippen LogP contribution in [0.3, 0.4) is 0 Å². The second-order valence-electron chi connectivity index (χ2n) is 6.59. The summed E-state index contributed by atoms with van der Waals surface area (Å²) in [5.41, 5.74) is 4.26. The molecular formula is C20H22N2O2S. The number of hydrogen-bond donors (Lipinski definition) is 1. The molecule has 0 saturated carbocycles. The number of H-pyrrole nitrogens is 1. The smallest absolute Gasteiger partial charge is 0.218 e. The number of hydrogen-bond acceptors (Lipinski definition) is 2. The van der Waals surface area contributed by atoms with Crippen LogP contribution >= 0.6 is 0 Å². The number of fused-ring (bicyclic) bond motifs is 3. The zero-order valence-electron chi connectivity index (χ0n) is 14.3. The molecule has 130 valence electrons. The van der Waals surface area contributed by atoms with Gasteiger partial charge in [-0.15, -0.1) is 0 Å². The van der Waals surface area contributed by atoms with Gasteiger partial charge in [0.15, 0.2) is 0 Å². The van der Waals surface area contributed by atoms with E-state index in [1.54, 1.807) is 4.31 Å². The van der Waals surface area contributed by atoms with E-state index < -0.39 is 10.0 Å². The molecular weight excluding hydrogens is 332 g/mol. The van der Waals surface area contributed by atoms with Gasteiger partial charge in [0.2, 0.25) is 10.0 Å². The largest absolute Gasteiger partial charge is 0.357 e. The average molecular weight is 354 g/mol. The van der Waals surface area contributed by atoms with Crippen LogP contribution in [-0.2, 0) is 22.2 Å². The third-order valence-corrected chi connectivity index (χ3v) is 6.90. The molecule has 1 N–H and O–H groups in total. The summed E-state index contributed by atoms with van der Waals surface area (Å²) in [5.74, 6) is 0.0555. The van der Waals surface area contributed by atoms with E-state index in [1.807, 2.05) is 42.5 Å². The summed E-state index contributed by atoms with van der Waals surface area (Å²) in [4.78, 5) is 3.48. The van der Waals surface area contributed by atoms with E-state index in [4.69, 9.17) is 0 Å². The minimum Gasteiger partial charge on any atom is -0.357 e. The van der Waals surface area contributed by atoms with Crippen LogP contribution in [0, 0.1) is 0 Å². The second kappa shape index (κ2) is 6.32. The van der Waals surface area contributed by atoms with Gasteiger partial charge in [0, 0.05) is 23.1 Å². The monoisotopic (exact) mass is 354 g/mol. The lowest BCUT2D eigenvalue weighted by Crippen LogP contribution is -2.40. The van der Waals surface area contributed by atoms with Crippen LogP contribution in [0.1, 0.15) is 36.2 Å². The van der Waals surface area contributed by atoms with Crippen molar-refractivity contribution in [3.05, 3.63) is 71.4 Å². The predicted octanol–water partition coefficient (Wildman–Crippen LogP) is 4.01. The maximum absolute atomic E-state index is 13.1. The Labute approximate surface area is 148 Å². The van der Waals surface area contributed by atoms with Crippen molar-refractivity contribution in [3.8, 4) is 0 Å². The zero-order chi connectivity index (χ0) is 17.4. The molecule has 0 saturated heterocycles. The van der Waals surface area contributed by atoms with E-state index in [9.17, 15) is 8.42 Å². The highest BCUT2D eigenvalue weighted by molar-refractivity contribution is 7.88. The van der Waals surface area contributed by atoms with E-state index in [-0.39, 0.29) is 11.8 Å². The van der Waals surface area contributed by atoms with E-state index >= 15 is 0 Å². The maximum atomic E-state index is 13.1. The van der Waals surface area contributed by atoms with E-state index in [0.717, 1.165) is 29.6 Å². The summed E-state index contributed by atoms with van der Waals surface area (Å²) >= 11 is 0. The van der Waals surface area contributed by atoms with Gasteiger partial charge in [0.1, 0.15) is 0 Å². The summed E-state index contributed by atoms with van der Waals surface area (Å²) in [6.45, 7) is 2.60. The molecule has 0 aliphatic carbocycles. The van der Waals surface area contributed by atoms with Crippen LogP contribution in [0.5, 0.6) is 0 Å². The fourth-order valence-corrected chi connectivity index (χ4v) is 5.70. The lowest BCUT2D eigenvalue weighted by Gasteiger charge is -2.34. The van der Waals surface area contributed by atoms with Crippen molar-refractivity contribution in [1.82, 2.24) is 9.29 Å². The van der Waals surface area contributed by atoms with Gasteiger partial charge in [-0.25, -0.2) is 8.42 Å². The van der Waals surface area contributed by atoms with Crippen molar-refractivity contribution < 1.29 is 8.42 Å². The molecule has 5 heteroatoms. The van der Waals surface area contributed by atoms with Gasteiger partial charge in [-0.2, -0.15) is 4.31 Å². The summed E-state index contributed by atoms with van der Waals surface area (Å²) in [7, 11) is -3.36. The number of rotatable bonds is 4. The van der Waals surface area contributed by atoms with Crippen LogP contribution in [0.2, 0.25) is 0 Å². The fourth-order valence-electron chi connectivity index (χ4n) is 3.90. The Balaban J connectivity index is 1.72. The number of nitrogens with zero attached hydrogens (tertiary/aromatic N) is 1.